The lowest BCUT2D eigenvalue weighted by Gasteiger charge is -2.12. The highest BCUT2D eigenvalue weighted by molar-refractivity contribution is 5.07. The second-order valence-electron chi connectivity index (χ2n) is 3.41. The minimum Gasteiger partial charge on any atom is -0.324 e. The average molecular weight is 165 g/mol. The zero-order chi connectivity index (χ0) is 8.97. The molecule has 0 radical (unpaired) electrons. The second-order valence-corrected chi connectivity index (χ2v) is 3.41. The van der Waals surface area contributed by atoms with E-state index in [1.165, 1.54) is 6.33 Å². The Morgan fingerprint density at radius 1 is 1.33 bits per heavy atom. The van der Waals surface area contributed by atoms with Crippen molar-refractivity contribution in [3.63, 3.8) is 0 Å². The van der Waals surface area contributed by atoms with Gasteiger partial charge in [-0.1, -0.05) is 13.8 Å². The number of aromatic nitrogens is 2. The Hall–Kier alpha value is -0.960. The minimum absolute atomic E-state index is 0.0752. The number of hydrogen-bond donors (Lipinski definition) is 1. The van der Waals surface area contributed by atoms with E-state index in [1.54, 1.807) is 12.4 Å². The third-order valence-corrected chi connectivity index (χ3v) is 1.73. The van der Waals surface area contributed by atoms with Crippen LogP contribution in [0.3, 0.4) is 0 Å². The molecule has 0 aliphatic rings. The molecule has 2 N–H and O–H groups in total. The van der Waals surface area contributed by atoms with E-state index >= 15 is 0 Å². The van der Waals surface area contributed by atoms with Crippen molar-refractivity contribution in [1.82, 2.24) is 9.97 Å². The Bertz CT molecular complexity index is 220. The molecule has 0 aliphatic heterocycles. The maximum atomic E-state index is 5.92. The summed E-state index contributed by atoms with van der Waals surface area (Å²) in [5.41, 5.74) is 6.94. The van der Waals surface area contributed by atoms with Crippen molar-refractivity contribution in [3.05, 3.63) is 24.3 Å². The fourth-order valence-corrected chi connectivity index (χ4v) is 1.15. The van der Waals surface area contributed by atoms with E-state index in [4.69, 9.17) is 5.73 Å². The van der Waals surface area contributed by atoms with Crippen LogP contribution in [0.1, 0.15) is 31.9 Å². The lowest BCUT2D eigenvalue weighted by molar-refractivity contribution is 0.508. The van der Waals surface area contributed by atoms with E-state index in [1.807, 2.05) is 0 Å². The topological polar surface area (TPSA) is 51.8 Å². The Labute approximate surface area is 73.0 Å². The van der Waals surface area contributed by atoms with Gasteiger partial charge in [-0.25, -0.2) is 9.97 Å². The molecule has 1 heterocycles. The van der Waals surface area contributed by atoms with Crippen LogP contribution in [0.15, 0.2) is 18.7 Å². The van der Waals surface area contributed by atoms with Crippen LogP contribution >= 0.6 is 0 Å². The largest absolute Gasteiger partial charge is 0.324 e. The van der Waals surface area contributed by atoms with Gasteiger partial charge in [-0.2, -0.15) is 0 Å². The predicted octanol–water partition coefficient (Wildman–Crippen LogP) is 1.52. The Morgan fingerprint density at radius 3 is 2.42 bits per heavy atom. The lowest BCUT2D eigenvalue weighted by atomic mass is 10.0. The maximum Gasteiger partial charge on any atom is 0.115 e. The van der Waals surface area contributed by atoms with E-state index in [-0.39, 0.29) is 6.04 Å². The number of nitrogens with zero attached hydrogens (tertiary/aromatic N) is 2. The van der Waals surface area contributed by atoms with E-state index in [0.29, 0.717) is 5.92 Å². The Balaban J connectivity index is 2.59. The molecule has 66 valence electrons. The molecule has 0 aromatic carbocycles. The van der Waals surface area contributed by atoms with Gasteiger partial charge in [-0.15, -0.1) is 0 Å². The first kappa shape index (κ1) is 9.13. The van der Waals surface area contributed by atoms with Crippen LogP contribution in [0, 0.1) is 5.92 Å². The van der Waals surface area contributed by atoms with Gasteiger partial charge in [0.05, 0.1) is 0 Å². The van der Waals surface area contributed by atoms with E-state index in [2.05, 4.69) is 23.8 Å². The van der Waals surface area contributed by atoms with E-state index < -0.39 is 0 Å². The van der Waals surface area contributed by atoms with Gasteiger partial charge >= 0.3 is 0 Å². The molecule has 0 bridgehead atoms. The van der Waals surface area contributed by atoms with Gasteiger partial charge in [0, 0.05) is 24.0 Å². The van der Waals surface area contributed by atoms with Gasteiger partial charge < -0.3 is 5.73 Å². The third kappa shape index (κ3) is 2.58. The van der Waals surface area contributed by atoms with Crippen LogP contribution in [0.4, 0.5) is 0 Å². The summed E-state index contributed by atoms with van der Waals surface area (Å²) < 4.78 is 0. The van der Waals surface area contributed by atoms with Gasteiger partial charge in [-0.05, 0) is 12.3 Å². The molecule has 1 rings (SSSR count). The summed E-state index contributed by atoms with van der Waals surface area (Å²) in [5, 5.41) is 0. The summed E-state index contributed by atoms with van der Waals surface area (Å²) in [5.74, 6) is 0.611. The van der Waals surface area contributed by atoms with Crippen molar-refractivity contribution in [2.45, 2.75) is 26.3 Å². The lowest BCUT2D eigenvalue weighted by Crippen LogP contribution is -2.13. The predicted molar refractivity (Wildman–Crippen MR) is 48.4 cm³/mol. The molecule has 1 atom stereocenters. The Morgan fingerprint density at radius 2 is 1.92 bits per heavy atom. The maximum absolute atomic E-state index is 5.92. The first-order valence-electron chi connectivity index (χ1n) is 4.20. The number of hydrogen-bond acceptors (Lipinski definition) is 3. The molecule has 0 saturated heterocycles. The normalized spacial score (nSPS) is 13.3. The SMILES string of the molecule is CC(C)CC(N)c1cncnc1. The van der Waals surface area contributed by atoms with Gasteiger partial charge in [0.15, 0.2) is 0 Å². The first-order valence-corrected chi connectivity index (χ1v) is 4.20. The summed E-state index contributed by atoms with van der Waals surface area (Å²) >= 11 is 0. The van der Waals surface area contributed by atoms with Crippen molar-refractivity contribution in [3.8, 4) is 0 Å². The highest BCUT2D eigenvalue weighted by atomic mass is 14.8. The molecular weight excluding hydrogens is 150 g/mol. The second kappa shape index (κ2) is 4.16. The standard InChI is InChI=1S/C9H15N3/c1-7(2)3-9(10)8-4-11-6-12-5-8/h4-7,9H,3,10H2,1-2H3. The Kier molecular flexibility index (Phi) is 3.17. The van der Waals surface area contributed by atoms with Gasteiger partial charge in [0.25, 0.3) is 0 Å². The zero-order valence-electron chi connectivity index (χ0n) is 7.57. The van der Waals surface area contributed by atoms with Crippen LogP contribution in [0.5, 0.6) is 0 Å². The highest BCUT2D eigenvalue weighted by Gasteiger charge is 2.07. The molecule has 3 heteroatoms. The number of rotatable bonds is 3. The fourth-order valence-electron chi connectivity index (χ4n) is 1.15. The summed E-state index contributed by atoms with van der Waals surface area (Å²) in [7, 11) is 0. The minimum atomic E-state index is 0.0752. The number of nitrogens with two attached hydrogens (primary N) is 1. The van der Waals surface area contributed by atoms with Crippen molar-refractivity contribution < 1.29 is 0 Å². The molecule has 1 aromatic heterocycles. The molecule has 0 saturated carbocycles. The van der Waals surface area contributed by atoms with Crippen LogP contribution < -0.4 is 5.73 Å². The monoisotopic (exact) mass is 165 g/mol. The van der Waals surface area contributed by atoms with E-state index in [0.717, 1.165) is 12.0 Å². The quantitative estimate of drug-likeness (QED) is 0.738. The van der Waals surface area contributed by atoms with E-state index in [9.17, 15) is 0 Å². The molecule has 1 unspecified atom stereocenters. The molecular formula is C9H15N3. The third-order valence-electron chi connectivity index (χ3n) is 1.73. The first-order chi connectivity index (χ1) is 5.70. The summed E-state index contributed by atoms with van der Waals surface area (Å²) in [4.78, 5) is 7.84. The van der Waals surface area contributed by atoms with Gasteiger partial charge in [-0.3, -0.25) is 0 Å². The van der Waals surface area contributed by atoms with Gasteiger partial charge in [0.1, 0.15) is 6.33 Å². The molecule has 0 spiro atoms. The average Bonchev–Trinajstić information content (AvgIpc) is 2.05. The van der Waals surface area contributed by atoms with Crippen molar-refractivity contribution >= 4 is 0 Å². The molecule has 12 heavy (non-hydrogen) atoms. The smallest absolute Gasteiger partial charge is 0.115 e. The summed E-state index contributed by atoms with van der Waals surface area (Å²) in [6, 6.07) is 0.0752. The molecule has 0 amide bonds. The van der Waals surface area contributed by atoms with Crippen molar-refractivity contribution in [2.24, 2.45) is 11.7 Å². The summed E-state index contributed by atoms with van der Waals surface area (Å²) in [6.45, 7) is 4.31. The fraction of sp³-hybridized carbons (Fsp3) is 0.556. The molecule has 0 aliphatic carbocycles. The summed E-state index contributed by atoms with van der Waals surface area (Å²) in [6.07, 6.45) is 6.05. The van der Waals surface area contributed by atoms with Crippen LogP contribution in [-0.4, -0.2) is 9.97 Å². The van der Waals surface area contributed by atoms with Crippen molar-refractivity contribution in [1.29, 1.82) is 0 Å². The molecule has 1 aromatic rings. The van der Waals surface area contributed by atoms with Crippen LogP contribution in [0.2, 0.25) is 0 Å². The molecule has 3 nitrogen and oxygen atoms in total. The van der Waals surface area contributed by atoms with Crippen LogP contribution in [-0.2, 0) is 0 Å². The van der Waals surface area contributed by atoms with Crippen LogP contribution in [0.25, 0.3) is 0 Å². The molecule has 0 fully saturated rings. The van der Waals surface area contributed by atoms with Crippen molar-refractivity contribution in [2.75, 3.05) is 0 Å². The highest BCUT2D eigenvalue weighted by Crippen LogP contribution is 2.16. The van der Waals surface area contributed by atoms with Gasteiger partial charge in [0.2, 0.25) is 0 Å². The zero-order valence-corrected chi connectivity index (χ0v) is 7.57.